The van der Waals surface area contributed by atoms with Crippen LogP contribution in [0.25, 0.3) is 0 Å². The number of aryl methyl sites for hydroxylation is 1. The summed E-state index contributed by atoms with van der Waals surface area (Å²) in [6.07, 6.45) is 13.0. The average Bonchev–Trinajstić information content (AvgIpc) is 2.52. The van der Waals surface area contributed by atoms with E-state index >= 15 is 0 Å². The predicted octanol–water partition coefficient (Wildman–Crippen LogP) is 4.63. The highest BCUT2D eigenvalue weighted by Gasteiger charge is 2.43. The highest BCUT2D eigenvalue weighted by molar-refractivity contribution is 5.83. The normalized spacial score (nSPS) is 21.1. The zero-order chi connectivity index (χ0) is 15.3. The van der Waals surface area contributed by atoms with Gasteiger partial charge in [0.2, 0.25) is 5.91 Å². The molecule has 0 aliphatic heterocycles. The van der Waals surface area contributed by atoms with Crippen molar-refractivity contribution in [2.75, 3.05) is 0 Å². The second-order valence-electron chi connectivity index (χ2n) is 7.28. The van der Waals surface area contributed by atoms with Crippen LogP contribution in [0.5, 0.6) is 0 Å². The van der Waals surface area contributed by atoms with Crippen molar-refractivity contribution in [3.05, 3.63) is 35.9 Å². The number of carbonyl (C=O) groups is 1. The number of carbonyl (C=O) groups excluding carboxylic acids is 1. The number of amides is 1. The number of nitrogens with one attached hydrogen (secondary N) is 1. The molecule has 0 heterocycles. The van der Waals surface area contributed by atoms with Gasteiger partial charge in [0.1, 0.15) is 0 Å². The van der Waals surface area contributed by atoms with Crippen LogP contribution in [0.2, 0.25) is 0 Å². The molecule has 0 spiro atoms. The molecule has 0 radical (unpaired) electrons. The van der Waals surface area contributed by atoms with Crippen molar-refractivity contribution in [1.82, 2.24) is 5.32 Å². The molecule has 2 nitrogen and oxygen atoms in total. The van der Waals surface area contributed by atoms with Crippen molar-refractivity contribution in [3.8, 4) is 0 Å². The Bertz CT molecular complexity index is 472. The summed E-state index contributed by atoms with van der Waals surface area (Å²) in [6, 6.07) is 11.1. The molecule has 0 saturated heterocycles. The molecule has 0 atom stereocenters. The Labute approximate surface area is 134 Å². The third kappa shape index (κ3) is 3.71. The highest BCUT2D eigenvalue weighted by Crippen LogP contribution is 2.45. The molecule has 2 heteroatoms. The first-order valence-electron chi connectivity index (χ1n) is 9.13. The molecule has 1 amide bonds. The maximum Gasteiger partial charge on any atom is 0.226 e. The first-order valence-corrected chi connectivity index (χ1v) is 9.13. The first kappa shape index (κ1) is 15.6. The summed E-state index contributed by atoms with van der Waals surface area (Å²) in [7, 11) is 0. The summed E-state index contributed by atoms with van der Waals surface area (Å²) in [5, 5.41) is 3.37. The molecular weight excluding hydrogens is 270 g/mol. The molecule has 120 valence electrons. The zero-order valence-electron chi connectivity index (χ0n) is 13.7. The van der Waals surface area contributed by atoms with E-state index in [0.717, 1.165) is 32.1 Å². The van der Waals surface area contributed by atoms with Crippen molar-refractivity contribution in [3.63, 3.8) is 0 Å². The number of rotatable bonds is 6. The van der Waals surface area contributed by atoms with Gasteiger partial charge in [-0.05, 0) is 50.5 Å². The fourth-order valence-electron chi connectivity index (χ4n) is 4.06. The minimum absolute atomic E-state index is 0.0355. The fraction of sp³-hybridized carbons (Fsp3) is 0.650. The molecule has 2 aliphatic carbocycles. The van der Waals surface area contributed by atoms with Gasteiger partial charge in [-0.25, -0.2) is 0 Å². The van der Waals surface area contributed by atoms with Gasteiger partial charge in [0.25, 0.3) is 0 Å². The first-order chi connectivity index (χ1) is 10.8. The summed E-state index contributed by atoms with van der Waals surface area (Å²) < 4.78 is 0. The van der Waals surface area contributed by atoms with Gasteiger partial charge in [-0.1, -0.05) is 56.0 Å². The summed E-state index contributed by atoms with van der Waals surface area (Å²) in [4.78, 5) is 12.7. The van der Waals surface area contributed by atoms with Gasteiger partial charge in [-0.3, -0.25) is 4.79 Å². The van der Waals surface area contributed by atoms with Gasteiger partial charge in [-0.2, -0.15) is 0 Å². The van der Waals surface area contributed by atoms with E-state index in [-0.39, 0.29) is 5.41 Å². The molecule has 22 heavy (non-hydrogen) atoms. The van der Waals surface area contributed by atoms with Crippen molar-refractivity contribution in [2.45, 2.75) is 76.7 Å². The van der Waals surface area contributed by atoms with Crippen LogP contribution in [-0.2, 0) is 11.2 Å². The molecule has 2 fully saturated rings. The van der Waals surface area contributed by atoms with E-state index in [4.69, 9.17) is 0 Å². The van der Waals surface area contributed by atoms with Crippen LogP contribution in [0.3, 0.4) is 0 Å². The summed E-state index contributed by atoms with van der Waals surface area (Å²) in [5.41, 5.74) is 1.36. The SMILES string of the molecule is O=C(NC1CCCCC1)C1(CCCc2ccccc2)CCC1. The Balaban J connectivity index is 1.49. The minimum Gasteiger partial charge on any atom is -0.353 e. The maximum atomic E-state index is 12.7. The Hall–Kier alpha value is -1.31. The Kier molecular flexibility index (Phi) is 5.17. The van der Waals surface area contributed by atoms with E-state index in [1.807, 2.05) is 0 Å². The van der Waals surface area contributed by atoms with E-state index in [0.29, 0.717) is 11.9 Å². The van der Waals surface area contributed by atoms with Crippen molar-refractivity contribution in [2.24, 2.45) is 5.41 Å². The molecule has 1 aromatic rings. The van der Waals surface area contributed by atoms with Crippen molar-refractivity contribution >= 4 is 5.91 Å². The second kappa shape index (κ2) is 7.30. The van der Waals surface area contributed by atoms with E-state index < -0.39 is 0 Å². The van der Waals surface area contributed by atoms with Gasteiger partial charge in [0, 0.05) is 11.5 Å². The number of hydrogen-bond donors (Lipinski definition) is 1. The average molecular weight is 299 g/mol. The van der Waals surface area contributed by atoms with E-state index in [2.05, 4.69) is 35.6 Å². The molecule has 1 N–H and O–H groups in total. The summed E-state index contributed by atoms with van der Waals surface area (Å²) >= 11 is 0. The van der Waals surface area contributed by atoms with Crippen LogP contribution in [0.4, 0.5) is 0 Å². The van der Waals surface area contributed by atoms with Gasteiger partial charge in [-0.15, -0.1) is 0 Å². The monoisotopic (exact) mass is 299 g/mol. The molecule has 2 aliphatic rings. The predicted molar refractivity (Wildman–Crippen MR) is 90.7 cm³/mol. The third-order valence-corrected chi connectivity index (χ3v) is 5.70. The molecule has 3 rings (SSSR count). The molecule has 0 bridgehead atoms. The molecule has 0 unspecified atom stereocenters. The van der Waals surface area contributed by atoms with Gasteiger partial charge < -0.3 is 5.32 Å². The lowest BCUT2D eigenvalue weighted by atomic mass is 9.65. The lowest BCUT2D eigenvalue weighted by molar-refractivity contribution is -0.137. The molecule has 2 saturated carbocycles. The Morgan fingerprint density at radius 2 is 1.77 bits per heavy atom. The molecular formula is C20H29NO. The lowest BCUT2D eigenvalue weighted by Crippen LogP contribution is -2.49. The van der Waals surface area contributed by atoms with Crippen LogP contribution in [-0.4, -0.2) is 11.9 Å². The smallest absolute Gasteiger partial charge is 0.226 e. The summed E-state index contributed by atoms with van der Waals surface area (Å²) in [6.45, 7) is 0. The largest absolute Gasteiger partial charge is 0.353 e. The van der Waals surface area contributed by atoms with E-state index in [1.165, 1.54) is 44.1 Å². The van der Waals surface area contributed by atoms with Crippen LogP contribution >= 0.6 is 0 Å². The lowest BCUT2D eigenvalue weighted by Gasteiger charge is -2.42. The van der Waals surface area contributed by atoms with Gasteiger partial charge >= 0.3 is 0 Å². The fourth-order valence-corrected chi connectivity index (χ4v) is 4.06. The molecule has 1 aromatic carbocycles. The van der Waals surface area contributed by atoms with E-state index in [9.17, 15) is 4.79 Å². The molecule has 0 aromatic heterocycles. The van der Waals surface area contributed by atoms with Crippen molar-refractivity contribution < 1.29 is 4.79 Å². The quantitative estimate of drug-likeness (QED) is 0.815. The number of hydrogen-bond acceptors (Lipinski definition) is 1. The highest BCUT2D eigenvalue weighted by atomic mass is 16.2. The zero-order valence-corrected chi connectivity index (χ0v) is 13.7. The second-order valence-corrected chi connectivity index (χ2v) is 7.28. The number of benzene rings is 1. The van der Waals surface area contributed by atoms with E-state index in [1.54, 1.807) is 0 Å². The van der Waals surface area contributed by atoms with Crippen LogP contribution < -0.4 is 5.32 Å². The standard InChI is InChI=1S/C20H29NO/c22-19(21-18-12-5-2-6-13-18)20(15-8-16-20)14-7-11-17-9-3-1-4-10-17/h1,3-4,9-10,18H,2,5-8,11-16H2,(H,21,22). The Morgan fingerprint density at radius 1 is 1.05 bits per heavy atom. The van der Waals surface area contributed by atoms with Gasteiger partial charge in [0.15, 0.2) is 0 Å². The minimum atomic E-state index is -0.0355. The topological polar surface area (TPSA) is 29.1 Å². The van der Waals surface area contributed by atoms with Crippen LogP contribution in [0, 0.1) is 5.41 Å². The van der Waals surface area contributed by atoms with Crippen LogP contribution in [0.15, 0.2) is 30.3 Å². The maximum absolute atomic E-state index is 12.7. The third-order valence-electron chi connectivity index (χ3n) is 5.70. The Morgan fingerprint density at radius 3 is 2.41 bits per heavy atom. The summed E-state index contributed by atoms with van der Waals surface area (Å²) in [5.74, 6) is 0.360. The van der Waals surface area contributed by atoms with Crippen molar-refractivity contribution in [1.29, 1.82) is 0 Å². The van der Waals surface area contributed by atoms with Crippen LogP contribution in [0.1, 0.15) is 69.8 Å². The van der Waals surface area contributed by atoms with Gasteiger partial charge in [0.05, 0.1) is 0 Å².